The molecule has 2 aromatic heterocycles. The number of para-hydroxylation sites is 1. The third kappa shape index (κ3) is 5.47. The van der Waals surface area contributed by atoms with Gasteiger partial charge < -0.3 is 4.42 Å². The van der Waals surface area contributed by atoms with E-state index in [-0.39, 0.29) is 0 Å². The molecule has 0 radical (unpaired) electrons. The zero-order valence-corrected chi connectivity index (χ0v) is 30.5. The Balaban J connectivity index is 0.985. The van der Waals surface area contributed by atoms with Crippen molar-refractivity contribution < 1.29 is 4.42 Å². The minimum atomic E-state index is 0.341. The van der Waals surface area contributed by atoms with Gasteiger partial charge in [-0.25, -0.2) is 15.0 Å². The summed E-state index contributed by atoms with van der Waals surface area (Å²) in [4.78, 5) is 15.3. The van der Waals surface area contributed by atoms with Crippen molar-refractivity contribution in [3.05, 3.63) is 151 Å². The zero-order chi connectivity index (χ0) is 36.5. The SMILES string of the molecule is N#Cc1ccc(-c2ccc(-c3nc(-c4ccc(-c5ccccc5)cc4)nc(-c4ccc(C56CC7CC(CC(C7)C5)C6)cc4)n3)cc2)c2c1oc1ccccc12. The number of hydrogen-bond acceptors (Lipinski definition) is 5. The molecular weight excluding hydrogens is 673 g/mol. The Kier molecular flexibility index (Phi) is 7.35. The lowest BCUT2D eigenvalue weighted by molar-refractivity contribution is -0.00518. The molecule has 0 aliphatic heterocycles. The van der Waals surface area contributed by atoms with Crippen molar-refractivity contribution in [2.75, 3.05) is 0 Å². The number of furan rings is 1. The van der Waals surface area contributed by atoms with Crippen molar-refractivity contribution in [3.63, 3.8) is 0 Å². The summed E-state index contributed by atoms with van der Waals surface area (Å²) in [6.07, 6.45) is 8.37. The highest BCUT2D eigenvalue weighted by molar-refractivity contribution is 6.13. The van der Waals surface area contributed by atoms with Crippen molar-refractivity contribution in [1.29, 1.82) is 5.26 Å². The van der Waals surface area contributed by atoms with E-state index < -0.39 is 0 Å². The van der Waals surface area contributed by atoms with Crippen molar-refractivity contribution >= 4 is 21.9 Å². The van der Waals surface area contributed by atoms with Gasteiger partial charge in [0.1, 0.15) is 11.7 Å². The standard InChI is InChI=1S/C50H38N4O/c51-30-40-20-23-42(45-43-8-4-5-9-44(43)55-46(40)45)36-12-16-38(17-13-36)48-52-47(37-14-10-35(11-15-37)34-6-2-1-3-7-34)53-49(54-48)39-18-21-41(22-19-39)50-27-31-24-32(28-50)26-33(25-31)29-50/h1-23,31-33H,24-29H2. The first-order valence-electron chi connectivity index (χ1n) is 19.6. The van der Waals surface area contributed by atoms with Gasteiger partial charge in [-0.05, 0) is 102 Å². The Hall–Kier alpha value is -6.38. The van der Waals surface area contributed by atoms with Crippen LogP contribution in [0.2, 0.25) is 0 Å². The number of benzene rings is 6. The van der Waals surface area contributed by atoms with E-state index in [1.807, 2.05) is 36.4 Å². The molecule has 0 spiro atoms. The molecular formula is C50H38N4O. The molecule has 0 unspecified atom stereocenters. The van der Waals surface area contributed by atoms with E-state index >= 15 is 0 Å². The maximum Gasteiger partial charge on any atom is 0.164 e. The van der Waals surface area contributed by atoms with Crippen LogP contribution in [0.1, 0.15) is 49.7 Å². The lowest BCUT2D eigenvalue weighted by Crippen LogP contribution is -2.48. The molecule has 5 nitrogen and oxygen atoms in total. The Morgan fingerprint density at radius 3 is 1.58 bits per heavy atom. The second-order valence-electron chi connectivity index (χ2n) is 16.2. The summed E-state index contributed by atoms with van der Waals surface area (Å²) in [6, 6.07) is 50.6. The molecule has 4 fully saturated rings. The monoisotopic (exact) mass is 710 g/mol. The zero-order valence-electron chi connectivity index (χ0n) is 30.5. The molecule has 55 heavy (non-hydrogen) atoms. The maximum atomic E-state index is 9.85. The number of rotatable bonds is 6. The number of nitrogens with zero attached hydrogens (tertiary/aromatic N) is 4. The summed E-state index contributed by atoms with van der Waals surface area (Å²) in [5.41, 5.74) is 11.0. The minimum Gasteiger partial charge on any atom is -0.455 e. The van der Waals surface area contributed by atoms with Gasteiger partial charge in [0.25, 0.3) is 0 Å². The molecule has 8 aromatic rings. The van der Waals surface area contributed by atoms with Crippen LogP contribution in [-0.4, -0.2) is 15.0 Å². The van der Waals surface area contributed by atoms with E-state index in [1.54, 1.807) is 0 Å². The molecule has 0 N–H and O–H groups in total. The number of aromatic nitrogens is 3. The molecule has 2 heterocycles. The fourth-order valence-corrected chi connectivity index (χ4v) is 10.6. The Morgan fingerprint density at radius 2 is 1.00 bits per heavy atom. The van der Waals surface area contributed by atoms with Crippen LogP contribution in [0, 0.1) is 29.1 Å². The van der Waals surface area contributed by atoms with Gasteiger partial charge in [-0.3, -0.25) is 0 Å². The van der Waals surface area contributed by atoms with Gasteiger partial charge in [0.05, 0.1) is 5.56 Å². The third-order valence-corrected chi connectivity index (χ3v) is 12.8. The molecule has 0 atom stereocenters. The fourth-order valence-electron chi connectivity index (χ4n) is 10.6. The van der Waals surface area contributed by atoms with Crippen molar-refractivity contribution in [3.8, 4) is 62.5 Å². The topological polar surface area (TPSA) is 75.6 Å². The third-order valence-electron chi connectivity index (χ3n) is 12.8. The van der Waals surface area contributed by atoms with Gasteiger partial charge in [0.15, 0.2) is 23.1 Å². The summed E-state index contributed by atoms with van der Waals surface area (Å²) in [7, 11) is 0. The number of hydrogen-bond donors (Lipinski definition) is 0. The van der Waals surface area contributed by atoms with Gasteiger partial charge in [0, 0.05) is 27.5 Å². The van der Waals surface area contributed by atoms with E-state index in [9.17, 15) is 5.26 Å². The highest BCUT2D eigenvalue weighted by Crippen LogP contribution is 2.60. The average molecular weight is 711 g/mol. The van der Waals surface area contributed by atoms with Gasteiger partial charge >= 0.3 is 0 Å². The van der Waals surface area contributed by atoms with Crippen LogP contribution in [-0.2, 0) is 5.41 Å². The average Bonchev–Trinajstić information content (AvgIpc) is 3.63. The lowest BCUT2D eigenvalue weighted by Gasteiger charge is -2.57. The smallest absolute Gasteiger partial charge is 0.164 e. The predicted octanol–water partition coefficient (Wildman–Crippen LogP) is 12.4. The Morgan fingerprint density at radius 1 is 0.509 bits per heavy atom. The van der Waals surface area contributed by atoms with E-state index in [4.69, 9.17) is 19.4 Å². The van der Waals surface area contributed by atoms with Crippen molar-refractivity contribution in [2.24, 2.45) is 17.8 Å². The highest BCUT2D eigenvalue weighted by atomic mass is 16.3. The second-order valence-corrected chi connectivity index (χ2v) is 16.2. The molecule has 0 saturated heterocycles. The van der Waals surface area contributed by atoms with Gasteiger partial charge in [0.2, 0.25) is 0 Å². The van der Waals surface area contributed by atoms with Crippen molar-refractivity contribution in [2.45, 2.75) is 43.9 Å². The minimum absolute atomic E-state index is 0.341. The fraction of sp³-hybridized carbons (Fsp3) is 0.200. The molecule has 12 rings (SSSR count). The molecule has 6 aromatic carbocycles. The van der Waals surface area contributed by atoms with Crippen LogP contribution in [0.4, 0.5) is 0 Å². The van der Waals surface area contributed by atoms with Crippen LogP contribution in [0.3, 0.4) is 0 Å². The number of fused-ring (bicyclic) bond motifs is 3. The van der Waals surface area contributed by atoms with Crippen LogP contribution in [0.5, 0.6) is 0 Å². The molecule has 0 amide bonds. The van der Waals surface area contributed by atoms with Crippen LogP contribution in [0.25, 0.3) is 78.4 Å². The first-order valence-corrected chi connectivity index (χ1v) is 19.6. The first-order chi connectivity index (χ1) is 27.1. The molecule has 4 saturated carbocycles. The summed E-state index contributed by atoms with van der Waals surface area (Å²) >= 11 is 0. The normalized spacial score (nSPS) is 21.3. The second kappa shape index (κ2) is 12.6. The molecule has 5 heteroatoms. The van der Waals surface area contributed by atoms with Crippen LogP contribution >= 0.6 is 0 Å². The highest BCUT2D eigenvalue weighted by Gasteiger charge is 2.51. The molecule has 4 bridgehead atoms. The summed E-state index contributed by atoms with van der Waals surface area (Å²) < 4.78 is 6.19. The summed E-state index contributed by atoms with van der Waals surface area (Å²) in [5, 5.41) is 11.8. The number of nitriles is 1. The van der Waals surface area contributed by atoms with Gasteiger partial charge in [-0.15, -0.1) is 0 Å². The molecule has 4 aliphatic carbocycles. The molecule has 264 valence electrons. The van der Waals surface area contributed by atoms with Gasteiger partial charge in [-0.2, -0.15) is 5.26 Å². The largest absolute Gasteiger partial charge is 0.455 e. The van der Waals surface area contributed by atoms with E-state index in [2.05, 4.69) is 109 Å². The maximum absolute atomic E-state index is 9.85. The summed E-state index contributed by atoms with van der Waals surface area (Å²) in [5.74, 6) is 4.66. The van der Waals surface area contributed by atoms with E-state index in [1.165, 1.54) is 49.7 Å². The van der Waals surface area contributed by atoms with E-state index in [0.29, 0.717) is 34.0 Å². The van der Waals surface area contributed by atoms with Crippen LogP contribution < -0.4 is 0 Å². The van der Waals surface area contributed by atoms with Crippen LogP contribution in [0.15, 0.2) is 144 Å². The van der Waals surface area contributed by atoms with E-state index in [0.717, 1.165) is 67.5 Å². The van der Waals surface area contributed by atoms with Crippen molar-refractivity contribution in [1.82, 2.24) is 15.0 Å². The summed E-state index contributed by atoms with van der Waals surface area (Å²) in [6.45, 7) is 0. The van der Waals surface area contributed by atoms with Gasteiger partial charge in [-0.1, -0.05) is 127 Å². The Labute approximate surface area is 320 Å². The predicted molar refractivity (Wildman–Crippen MR) is 219 cm³/mol. The Bertz CT molecular complexity index is 2740. The lowest BCUT2D eigenvalue weighted by atomic mass is 9.48. The first kappa shape index (κ1) is 32.1. The molecule has 4 aliphatic rings. The quantitative estimate of drug-likeness (QED) is 0.172.